The Balaban J connectivity index is 0.00000529. The van der Waals surface area contributed by atoms with Gasteiger partial charge in [-0.05, 0) is 19.3 Å². The van der Waals surface area contributed by atoms with Gasteiger partial charge in [-0.2, -0.15) is 0 Å². The summed E-state index contributed by atoms with van der Waals surface area (Å²) in [6, 6.07) is 0. The number of hydrogen-bond acceptors (Lipinski definition) is 4. The van der Waals surface area contributed by atoms with E-state index in [1.165, 1.54) is 0 Å². The van der Waals surface area contributed by atoms with E-state index in [1.54, 1.807) is 7.11 Å². The van der Waals surface area contributed by atoms with Gasteiger partial charge in [0, 0.05) is 59.5 Å². The Hall–Kier alpha value is -0.120. The quantitative estimate of drug-likeness (QED) is 0.228. The van der Waals surface area contributed by atoms with E-state index < -0.39 is 0 Å². The van der Waals surface area contributed by atoms with Crippen LogP contribution in [0.15, 0.2) is 4.99 Å². The summed E-state index contributed by atoms with van der Waals surface area (Å²) in [5.41, 5.74) is -0.180. The highest BCUT2D eigenvalue weighted by Crippen LogP contribution is 2.24. The Labute approximate surface area is 164 Å². The zero-order valence-corrected chi connectivity index (χ0v) is 18.1. The molecule has 0 saturated carbocycles. The van der Waals surface area contributed by atoms with E-state index in [1.807, 2.05) is 0 Å². The molecule has 0 aliphatic carbocycles. The van der Waals surface area contributed by atoms with Crippen molar-refractivity contribution >= 4 is 29.9 Å². The maximum Gasteiger partial charge on any atom is 0.191 e. The number of methoxy groups -OCH3 is 1. The van der Waals surface area contributed by atoms with Gasteiger partial charge in [0.05, 0.1) is 12.1 Å². The smallest absolute Gasteiger partial charge is 0.191 e. The van der Waals surface area contributed by atoms with E-state index in [4.69, 9.17) is 19.2 Å². The molecule has 6 nitrogen and oxygen atoms in total. The van der Waals surface area contributed by atoms with Crippen LogP contribution < -0.4 is 10.6 Å². The SMILES string of the molecule is CCNC(=NCC1(OC)CCOCC1)NCCCOCC(C)C.I. The molecule has 1 saturated heterocycles. The lowest BCUT2D eigenvalue weighted by molar-refractivity contribution is -0.0828. The van der Waals surface area contributed by atoms with E-state index in [0.29, 0.717) is 12.5 Å². The normalized spacial score (nSPS) is 17.5. The van der Waals surface area contributed by atoms with Gasteiger partial charge in [0.15, 0.2) is 5.96 Å². The standard InChI is InChI=1S/C17H35N3O3.HI/c1-5-18-16(19-9-6-10-23-13-15(2)3)20-14-17(21-4)7-11-22-12-8-17;/h15H,5-14H2,1-4H3,(H2,18,19,20);1H. The number of aliphatic imine (C=N–C) groups is 1. The molecule has 7 heteroatoms. The molecule has 144 valence electrons. The lowest BCUT2D eigenvalue weighted by Gasteiger charge is -2.34. The lowest BCUT2D eigenvalue weighted by atomic mass is 9.94. The minimum absolute atomic E-state index is 0. The molecule has 0 spiro atoms. The van der Waals surface area contributed by atoms with Gasteiger partial charge < -0.3 is 24.8 Å². The molecule has 1 fully saturated rings. The largest absolute Gasteiger partial charge is 0.381 e. The first kappa shape index (κ1) is 23.9. The van der Waals surface area contributed by atoms with Crippen molar-refractivity contribution in [2.45, 2.75) is 45.6 Å². The first-order valence-electron chi connectivity index (χ1n) is 8.84. The molecular weight excluding hydrogens is 421 g/mol. The van der Waals surface area contributed by atoms with Crippen molar-refractivity contribution in [3.8, 4) is 0 Å². The maximum atomic E-state index is 5.72. The van der Waals surface area contributed by atoms with Gasteiger partial charge in [0.25, 0.3) is 0 Å². The monoisotopic (exact) mass is 457 g/mol. The van der Waals surface area contributed by atoms with Crippen LogP contribution in [-0.4, -0.2) is 64.7 Å². The second kappa shape index (κ2) is 14.1. The molecular formula is C17H36IN3O3. The summed E-state index contributed by atoms with van der Waals surface area (Å²) in [5, 5.41) is 6.65. The average molecular weight is 457 g/mol. The molecule has 1 rings (SSSR count). The van der Waals surface area contributed by atoms with Crippen LogP contribution in [-0.2, 0) is 14.2 Å². The van der Waals surface area contributed by atoms with Crippen LogP contribution in [0.2, 0.25) is 0 Å². The Bertz CT molecular complexity index is 335. The van der Waals surface area contributed by atoms with Crippen molar-refractivity contribution in [2.75, 3.05) is 53.2 Å². The van der Waals surface area contributed by atoms with E-state index in [-0.39, 0.29) is 29.6 Å². The molecule has 0 aromatic heterocycles. The van der Waals surface area contributed by atoms with Gasteiger partial charge in [-0.1, -0.05) is 13.8 Å². The average Bonchev–Trinajstić information content (AvgIpc) is 2.56. The summed E-state index contributed by atoms with van der Waals surface area (Å²) in [6.07, 6.45) is 2.77. The van der Waals surface area contributed by atoms with Crippen molar-refractivity contribution in [1.82, 2.24) is 10.6 Å². The number of ether oxygens (including phenoxy) is 3. The first-order chi connectivity index (χ1) is 11.1. The van der Waals surface area contributed by atoms with Crippen molar-refractivity contribution in [1.29, 1.82) is 0 Å². The first-order valence-corrected chi connectivity index (χ1v) is 8.84. The molecule has 1 aliphatic heterocycles. The van der Waals surface area contributed by atoms with Gasteiger partial charge in [0.1, 0.15) is 0 Å². The third kappa shape index (κ3) is 10.0. The van der Waals surface area contributed by atoms with Gasteiger partial charge in [0.2, 0.25) is 0 Å². The molecule has 0 aromatic rings. The minimum atomic E-state index is -0.180. The Morgan fingerprint density at radius 3 is 2.54 bits per heavy atom. The Morgan fingerprint density at radius 2 is 1.96 bits per heavy atom. The van der Waals surface area contributed by atoms with Crippen molar-refractivity contribution in [3.05, 3.63) is 0 Å². The predicted octanol–water partition coefficient (Wildman–Crippen LogP) is 2.42. The van der Waals surface area contributed by atoms with E-state index in [2.05, 4.69) is 31.4 Å². The lowest BCUT2D eigenvalue weighted by Crippen LogP contribution is -2.44. The minimum Gasteiger partial charge on any atom is -0.381 e. The Morgan fingerprint density at radius 1 is 1.25 bits per heavy atom. The zero-order valence-electron chi connectivity index (χ0n) is 15.7. The van der Waals surface area contributed by atoms with Crippen LogP contribution in [0.4, 0.5) is 0 Å². The van der Waals surface area contributed by atoms with Crippen LogP contribution >= 0.6 is 24.0 Å². The van der Waals surface area contributed by atoms with Crippen LogP contribution in [0.3, 0.4) is 0 Å². The van der Waals surface area contributed by atoms with E-state index in [0.717, 1.165) is 64.7 Å². The third-order valence-electron chi connectivity index (χ3n) is 3.92. The molecule has 24 heavy (non-hydrogen) atoms. The van der Waals surface area contributed by atoms with Gasteiger partial charge in [-0.25, -0.2) is 0 Å². The summed E-state index contributed by atoms with van der Waals surface area (Å²) < 4.78 is 16.7. The summed E-state index contributed by atoms with van der Waals surface area (Å²) in [4.78, 5) is 4.70. The topological polar surface area (TPSA) is 64.1 Å². The molecule has 0 bridgehead atoms. The molecule has 1 heterocycles. The Kier molecular flexibility index (Phi) is 14.0. The number of hydrogen-bond donors (Lipinski definition) is 2. The van der Waals surface area contributed by atoms with Gasteiger partial charge in [-0.3, -0.25) is 4.99 Å². The summed E-state index contributed by atoms with van der Waals surface area (Å²) in [7, 11) is 1.77. The summed E-state index contributed by atoms with van der Waals surface area (Å²) in [5.74, 6) is 1.44. The van der Waals surface area contributed by atoms with Crippen LogP contribution in [0.25, 0.3) is 0 Å². The maximum absolute atomic E-state index is 5.72. The van der Waals surface area contributed by atoms with Crippen LogP contribution in [0.1, 0.15) is 40.0 Å². The van der Waals surface area contributed by atoms with Crippen molar-refractivity contribution in [3.63, 3.8) is 0 Å². The zero-order chi connectivity index (χ0) is 17.0. The highest BCUT2D eigenvalue weighted by molar-refractivity contribution is 14.0. The van der Waals surface area contributed by atoms with E-state index in [9.17, 15) is 0 Å². The number of halogens is 1. The van der Waals surface area contributed by atoms with Crippen LogP contribution in [0.5, 0.6) is 0 Å². The molecule has 0 amide bonds. The highest BCUT2D eigenvalue weighted by Gasteiger charge is 2.32. The molecule has 0 radical (unpaired) electrons. The summed E-state index contributed by atoms with van der Waals surface area (Å²) in [6.45, 7) is 11.9. The third-order valence-corrected chi connectivity index (χ3v) is 3.92. The second-order valence-corrected chi connectivity index (χ2v) is 6.44. The fourth-order valence-electron chi connectivity index (χ4n) is 2.44. The number of rotatable bonds is 10. The van der Waals surface area contributed by atoms with Crippen molar-refractivity contribution < 1.29 is 14.2 Å². The van der Waals surface area contributed by atoms with E-state index >= 15 is 0 Å². The predicted molar refractivity (Wildman–Crippen MR) is 109 cm³/mol. The molecule has 0 unspecified atom stereocenters. The highest BCUT2D eigenvalue weighted by atomic mass is 127. The molecule has 2 N–H and O–H groups in total. The van der Waals surface area contributed by atoms with Gasteiger partial charge in [-0.15, -0.1) is 24.0 Å². The van der Waals surface area contributed by atoms with Gasteiger partial charge >= 0.3 is 0 Å². The molecule has 1 aliphatic rings. The molecule has 0 aromatic carbocycles. The molecule has 0 atom stereocenters. The number of nitrogens with zero attached hydrogens (tertiary/aromatic N) is 1. The van der Waals surface area contributed by atoms with Crippen LogP contribution in [0, 0.1) is 5.92 Å². The summed E-state index contributed by atoms with van der Waals surface area (Å²) >= 11 is 0. The fraction of sp³-hybridized carbons (Fsp3) is 0.941. The van der Waals surface area contributed by atoms with Crippen molar-refractivity contribution in [2.24, 2.45) is 10.9 Å². The number of nitrogens with one attached hydrogen (secondary N) is 2. The number of guanidine groups is 1. The fourth-order valence-corrected chi connectivity index (χ4v) is 2.44. The second-order valence-electron chi connectivity index (χ2n) is 6.44.